The molecule has 0 spiro atoms. The van der Waals surface area contributed by atoms with Crippen LogP contribution in [-0.4, -0.2) is 28.7 Å². The minimum Gasteiger partial charge on any atom is -0.296 e. The molecule has 1 atom stereocenters. The molecule has 1 N–H and O–H groups in total. The Hall–Kier alpha value is -2.50. The molecule has 0 aliphatic carbocycles. The number of hydrogen-bond donors (Lipinski definition) is 1. The minimum absolute atomic E-state index is 0.165. The summed E-state index contributed by atoms with van der Waals surface area (Å²) in [5, 5.41) is 2.20. The third-order valence-electron chi connectivity index (χ3n) is 3.55. The molecule has 20 heavy (non-hydrogen) atoms. The Morgan fingerprint density at radius 2 is 2.00 bits per heavy atom. The lowest BCUT2D eigenvalue weighted by atomic mass is 10.0. The van der Waals surface area contributed by atoms with Gasteiger partial charge in [0.2, 0.25) is 11.8 Å². The van der Waals surface area contributed by atoms with Gasteiger partial charge in [0, 0.05) is 23.2 Å². The van der Waals surface area contributed by atoms with E-state index in [4.69, 9.17) is 0 Å². The maximum absolute atomic E-state index is 13.3. The first-order chi connectivity index (χ1) is 9.49. The van der Waals surface area contributed by atoms with Crippen molar-refractivity contribution in [3.05, 3.63) is 41.7 Å². The number of carbonyl (C=O) groups is 3. The lowest BCUT2D eigenvalue weighted by Crippen LogP contribution is -2.52. The molecular weight excluding hydrogens is 263 g/mol. The number of hydrogen-bond acceptors (Lipinski definition) is 3. The Labute approximate surface area is 114 Å². The van der Waals surface area contributed by atoms with E-state index in [0.717, 1.165) is 0 Å². The molecule has 102 valence electrons. The molecule has 0 radical (unpaired) electrons. The van der Waals surface area contributed by atoms with Gasteiger partial charge in [-0.1, -0.05) is 6.58 Å². The highest BCUT2D eigenvalue weighted by Crippen LogP contribution is 2.35. The third kappa shape index (κ3) is 1.72. The van der Waals surface area contributed by atoms with Gasteiger partial charge in [-0.2, -0.15) is 0 Å². The van der Waals surface area contributed by atoms with Gasteiger partial charge in [0.05, 0.1) is 0 Å². The third-order valence-corrected chi connectivity index (χ3v) is 3.55. The zero-order valence-corrected chi connectivity index (χ0v) is 10.5. The van der Waals surface area contributed by atoms with Crippen LogP contribution < -0.4 is 5.32 Å². The second kappa shape index (κ2) is 4.26. The predicted octanol–water partition coefficient (Wildman–Crippen LogP) is 1.06. The van der Waals surface area contributed by atoms with Gasteiger partial charge in [-0.15, -0.1) is 0 Å². The predicted molar refractivity (Wildman–Crippen MR) is 67.8 cm³/mol. The summed E-state index contributed by atoms with van der Waals surface area (Å²) >= 11 is 0. The van der Waals surface area contributed by atoms with Gasteiger partial charge >= 0.3 is 0 Å². The molecule has 6 heteroatoms. The molecule has 5 nitrogen and oxygen atoms in total. The fraction of sp³-hybridized carbons (Fsp3) is 0.214. The molecule has 1 aromatic rings. The summed E-state index contributed by atoms with van der Waals surface area (Å²) in [5.74, 6) is -1.74. The van der Waals surface area contributed by atoms with Gasteiger partial charge in [0.15, 0.2) is 0 Å². The van der Waals surface area contributed by atoms with E-state index in [9.17, 15) is 18.8 Å². The highest BCUT2D eigenvalue weighted by Gasteiger charge is 2.41. The molecule has 2 heterocycles. The van der Waals surface area contributed by atoms with Crippen molar-refractivity contribution in [2.24, 2.45) is 0 Å². The first-order valence-corrected chi connectivity index (χ1v) is 6.15. The quantitative estimate of drug-likeness (QED) is 0.779. The van der Waals surface area contributed by atoms with Crippen LogP contribution in [0.5, 0.6) is 0 Å². The second-order valence-corrected chi connectivity index (χ2v) is 4.78. The summed E-state index contributed by atoms with van der Waals surface area (Å²) in [6, 6.07) is 3.02. The number of nitrogens with zero attached hydrogens (tertiary/aromatic N) is 1. The van der Waals surface area contributed by atoms with Gasteiger partial charge in [-0.25, -0.2) is 4.39 Å². The zero-order chi connectivity index (χ0) is 14.4. The highest BCUT2D eigenvalue weighted by molar-refractivity contribution is 6.12. The minimum atomic E-state index is -0.775. The van der Waals surface area contributed by atoms with Crippen molar-refractivity contribution in [2.45, 2.75) is 18.9 Å². The number of nitrogens with one attached hydrogen (secondary N) is 1. The lowest BCUT2D eigenvalue weighted by Gasteiger charge is -2.30. The fourth-order valence-corrected chi connectivity index (χ4v) is 2.58. The highest BCUT2D eigenvalue weighted by atomic mass is 19.1. The molecular formula is C14H11FN2O3. The Morgan fingerprint density at radius 1 is 1.25 bits per heavy atom. The molecule has 3 amide bonds. The van der Waals surface area contributed by atoms with Crippen molar-refractivity contribution < 1.29 is 18.8 Å². The number of halogens is 1. The van der Waals surface area contributed by atoms with E-state index in [0.29, 0.717) is 16.8 Å². The topological polar surface area (TPSA) is 66.5 Å². The Bertz CT molecular complexity index is 668. The molecule has 1 saturated heterocycles. The molecule has 2 aliphatic rings. The largest absolute Gasteiger partial charge is 0.296 e. The standard InChI is InChI=1S/C14H11FN2O3/c1-7-10-6-8(15)2-3-9(10)14(20)17(7)11-4-5-12(18)16-13(11)19/h2-3,6,11H,1,4-5H2,(H,16,18,19). The Balaban J connectivity index is 1.97. The monoisotopic (exact) mass is 274 g/mol. The summed E-state index contributed by atoms with van der Waals surface area (Å²) in [7, 11) is 0. The molecule has 0 saturated carbocycles. The summed E-state index contributed by atoms with van der Waals surface area (Å²) < 4.78 is 13.3. The van der Waals surface area contributed by atoms with Crippen molar-refractivity contribution in [2.75, 3.05) is 0 Å². The summed E-state index contributed by atoms with van der Waals surface area (Å²) in [6.07, 6.45) is 0.407. The summed E-state index contributed by atoms with van der Waals surface area (Å²) in [4.78, 5) is 36.6. The first kappa shape index (κ1) is 12.5. The number of carbonyl (C=O) groups excluding carboxylic acids is 3. The maximum atomic E-state index is 13.3. The maximum Gasteiger partial charge on any atom is 0.259 e. The van der Waals surface area contributed by atoms with Gasteiger partial charge in [0.25, 0.3) is 5.91 Å². The first-order valence-electron chi connectivity index (χ1n) is 6.15. The van der Waals surface area contributed by atoms with E-state index in [2.05, 4.69) is 11.9 Å². The molecule has 1 aromatic carbocycles. The SMILES string of the molecule is C=C1c2cc(F)ccc2C(=O)N1C1CCC(=O)NC1=O. The van der Waals surface area contributed by atoms with Crippen LogP contribution in [0.2, 0.25) is 0 Å². The van der Waals surface area contributed by atoms with Crippen LogP contribution in [0.25, 0.3) is 5.70 Å². The summed E-state index contributed by atoms with van der Waals surface area (Å²) in [6.45, 7) is 3.77. The van der Waals surface area contributed by atoms with E-state index in [1.807, 2.05) is 0 Å². The van der Waals surface area contributed by atoms with Crippen molar-refractivity contribution in [3.63, 3.8) is 0 Å². The van der Waals surface area contributed by atoms with Crippen LogP contribution >= 0.6 is 0 Å². The Morgan fingerprint density at radius 3 is 2.70 bits per heavy atom. The van der Waals surface area contributed by atoms with Gasteiger partial charge in [0.1, 0.15) is 11.9 Å². The van der Waals surface area contributed by atoms with Crippen LogP contribution in [0, 0.1) is 5.82 Å². The van der Waals surface area contributed by atoms with E-state index >= 15 is 0 Å². The summed E-state index contributed by atoms with van der Waals surface area (Å²) in [5.41, 5.74) is 1.000. The molecule has 1 fully saturated rings. The van der Waals surface area contributed by atoms with Crippen LogP contribution in [0.3, 0.4) is 0 Å². The number of piperidine rings is 1. The van der Waals surface area contributed by atoms with Crippen molar-refractivity contribution >= 4 is 23.4 Å². The average Bonchev–Trinajstić information content (AvgIpc) is 2.63. The van der Waals surface area contributed by atoms with E-state index < -0.39 is 17.8 Å². The number of rotatable bonds is 1. The van der Waals surface area contributed by atoms with E-state index in [-0.39, 0.29) is 24.7 Å². The van der Waals surface area contributed by atoms with Crippen LogP contribution in [0.1, 0.15) is 28.8 Å². The van der Waals surface area contributed by atoms with Crippen molar-refractivity contribution in [1.29, 1.82) is 0 Å². The van der Waals surface area contributed by atoms with E-state index in [1.54, 1.807) is 0 Å². The number of amides is 3. The van der Waals surface area contributed by atoms with Crippen LogP contribution in [0.15, 0.2) is 24.8 Å². The van der Waals surface area contributed by atoms with Gasteiger partial charge < -0.3 is 0 Å². The number of benzene rings is 1. The molecule has 3 rings (SSSR count). The van der Waals surface area contributed by atoms with E-state index in [1.165, 1.54) is 23.1 Å². The van der Waals surface area contributed by atoms with Gasteiger partial charge in [-0.05, 0) is 24.6 Å². The fourth-order valence-electron chi connectivity index (χ4n) is 2.58. The van der Waals surface area contributed by atoms with Crippen molar-refractivity contribution in [1.82, 2.24) is 10.2 Å². The average molecular weight is 274 g/mol. The van der Waals surface area contributed by atoms with Crippen molar-refractivity contribution in [3.8, 4) is 0 Å². The lowest BCUT2D eigenvalue weighted by molar-refractivity contribution is -0.136. The smallest absolute Gasteiger partial charge is 0.259 e. The molecule has 1 unspecified atom stereocenters. The number of imide groups is 1. The van der Waals surface area contributed by atoms with Gasteiger partial charge in [-0.3, -0.25) is 24.6 Å². The molecule has 2 aliphatic heterocycles. The normalized spacial score (nSPS) is 22.1. The molecule has 0 aromatic heterocycles. The second-order valence-electron chi connectivity index (χ2n) is 4.78. The van der Waals surface area contributed by atoms with Crippen LogP contribution in [-0.2, 0) is 9.59 Å². The van der Waals surface area contributed by atoms with Crippen LogP contribution in [0.4, 0.5) is 4.39 Å². The molecule has 0 bridgehead atoms. The number of fused-ring (bicyclic) bond motifs is 1. The zero-order valence-electron chi connectivity index (χ0n) is 10.5. The Kier molecular flexibility index (Phi) is 2.67.